The molecule has 1 saturated heterocycles. The SMILES string of the molecule is CCc1ccccc1S(=O)(=O)N[C@@H](CNC(=O)CCNC(=O)CCC1CCNCC1)C(=O)O. The summed E-state index contributed by atoms with van der Waals surface area (Å²) in [5, 5.41) is 17.8. The molecule has 184 valence electrons. The number of carbonyl (C=O) groups excluding carboxylic acids is 2. The van der Waals surface area contributed by atoms with E-state index >= 15 is 0 Å². The van der Waals surface area contributed by atoms with E-state index in [1.54, 1.807) is 25.1 Å². The molecule has 1 fully saturated rings. The van der Waals surface area contributed by atoms with Crippen molar-refractivity contribution in [2.24, 2.45) is 5.92 Å². The lowest BCUT2D eigenvalue weighted by Crippen LogP contribution is -2.48. The highest BCUT2D eigenvalue weighted by molar-refractivity contribution is 7.89. The average molecular weight is 483 g/mol. The van der Waals surface area contributed by atoms with Crippen LogP contribution in [0.3, 0.4) is 0 Å². The first-order valence-corrected chi connectivity index (χ1v) is 12.8. The molecular formula is C22H34N4O6S. The van der Waals surface area contributed by atoms with Gasteiger partial charge in [0.25, 0.3) is 0 Å². The number of aryl methyl sites for hydroxylation is 1. The van der Waals surface area contributed by atoms with Gasteiger partial charge in [0.1, 0.15) is 6.04 Å². The maximum absolute atomic E-state index is 12.7. The molecule has 1 aliphatic heterocycles. The molecule has 0 aliphatic carbocycles. The van der Waals surface area contributed by atoms with Crippen molar-refractivity contribution in [3.63, 3.8) is 0 Å². The number of aliphatic carboxylic acids is 1. The van der Waals surface area contributed by atoms with Crippen molar-refractivity contribution in [1.82, 2.24) is 20.7 Å². The number of sulfonamides is 1. The molecule has 11 heteroatoms. The number of carbonyl (C=O) groups is 3. The zero-order chi connectivity index (χ0) is 24.3. The monoisotopic (exact) mass is 482 g/mol. The van der Waals surface area contributed by atoms with Crippen molar-refractivity contribution >= 4 is 27.8 Å². The second-order valence-electron chi connectivity index (χ2n) is 8.11. The van der Waals surface area contributed by atoms with Gasteiger partial charge >= 0.3 is 5.97 Å². The molecule has 0 spiro atoms. The summed E-state index contributed by atoms with van der Waals surface area (Å²) in [5.74, 6) is -1.46. The molecule has 0 aromatic heterocycles. The maximum atomic E-state index is 12.7. The van der Waals surface area contributed by atoms with Gasteiger partial charge in [-0.25, -0.2) is 8.42 Å². The Bertz CT molecular complexity index is 915. The number of hydrogen-bond donors (Lipinski definition) is 5. The summed E-state index contributed by atoms with van der Waals surface area (Å²) in [5.41, 5.74) is 0.564. The Morgan fingerprint density at radius 1 is 1.09 bits per heavy atom. The molecule has 0 unspecified atom stereocenters. The fourth-order valence-electron chi connectivity index (χ4n) is 3.70. The third-order valence-electron chi connectivity index (χ3n) is 5.65. The van der Waals surface area contributed by atoms with E-state index in [1.807, 2.05) is 0 Å². The topological polar surface area (TPSA) is 154 Å². The van der Waals surface area contributed by atoms with E-state index in [-0.39, 0.29) is 23.8 Å². The molecule has 1 aromatic carbocycles. The summed E-state index contributed by atoms with van der Waals surface area (Å²) >= 11 is 0. The lowest BCUT2D eigenvalue weighted by molar-refractivity contribution is -0.138. The first kappa shape index (κ1) is 26.7. The van der Waals surface area contributed by atoms with Gasteiger partial charge in [-0.05, 0) is 56.3 Å². The third-order valence-corrected chi connectivity index (χ3v) is 7.23. The molecule has 1 heterocycles. The first-order valence-electron chi connectivity index (χ1n) is 11.3. The van der Waals surface area contributed by atoms with E-state index in [0.29, 0.717) is 24.3 Å². The number of piperidine rings is 1. The van der Waals surface area contributed by atoms with E-state index in [9.17, 15) is 27.9 Å². The first-order chi connectivity index (χ1) is 15.7. The van der Waals surface area contributed by atoms with Crippen molar-refractivity contribution in [3.8, 4) is 0 Å². The van der Waals surface area contributed by atoms with E-state index < -0.39 is 34.5 Å². The van der Waals surface area contributed by atoms with Crippen LogP contribution in [-0.4, -0.2) is 63.5 Å². The molecule has 0 saturated carbocycles. The van der Waals surface area contributed by atoms with Crippen LogP contribution in [0.4, 0.5) is 0 Å². The molecule has 33 heavy (non-hydrogen) atoms. The number of carboxylic acids is 1. The molecule has 1 aliphatic rings. The molecular weight excluding hydrogens is 448 g/mol. The van der Waals surface area contributed by atoms with Crippen LogP contribution in [0.25, 0.3) is 0 Å². The molecule has 1 aromatic rings. The minimum absolute atomic E-state index is 0.0114. The summed E-state index contributed by atoms with van der Waals surface area (Å²) < 4.78 is 27.5. The summed E-state index contributed by atoms with van der Waals surface area (Å²) in [6.07, 6.45) is 3.80. The van der Waals surface area contributed by atoms with Crippen LogP contribution in [0.15, 0.2) is 29.2 Å². The average Bonchev–Trinajstić information content (AvgIpc) is 2.80. The van der Waals surface area contributed by atoms with Crippen LogP contribution in [0, 0.1) is 5.92 Å². The highest BCUT2D eigenvalue weighted by atomic mass is 32.2. The van der Waals surface area contributed by atoms with Crippen molar-refractivity contribution in [2.75, 3.05) is 26.2 Å². The second kappa shape index (κ2) is 13.3. The predicted octanol–water partition coefficient (Wildman–Crippen LogP) is 0.383. The van der Waals surface area contributed by atoms with Gasteiger partial charge in [-0.3, -0.25) is 14.4 Å². The van der Waals surface area contributed by atoms with Crippen molar-refractivity contribution < 1.29 is 27.9 Å². The van der Waals surface area contributed by atoms with Gasteiger partial charge in [-0.15, -0.1) is 0 Å². The maximum Gasteiger partial charge on any atom is 0.323 e. The minimum atomic E-state index is -4.08. The molecule has 2 rings (SSSR count). The molecule has 1 atom stereocenters. The molecule has 10 nitrogen and oxygen atoms in total. The standard InChI is InChI=1S/C22H34N4O6S/c1-2-17-5-3-4-6-19(17)33(31,32)26-18(22(29)30)15-25-21(28)11-14-24-20(27)8-7-16-9-12-23-13-10-16/h3-6,16,18,23,26H,2,7-15H2,1H3,(H,24,27)(H,25,28)(H,29,30)/t18-/m0/s1. The van der Waals surface area contributed by atoms with E-state index in [1.165, 1.54) is 6.07 Å². The Kier molecular flexibility index (Phi) is 10.8. The largest absolute Gasteiger partial charge is 0.480 e. The van der Waals surface area contributed by atoms with Crippen molar-refractivity contribution in [1.29, 1.82) is 0 Å². The number of amides is 2. The minimum Gasteiger partial charge on any atom is -0.480 e. The van der Waals surface area contributed by atoms with E-state index in [4.69, 9.17) is 0 Å². The van der Waals surface area contributed by atoms with Gasteiger partial charge in [-0.1, -0.05) is 25.1 Å². The summed E-state index contributed by atoms with van der Waals surface area (Å²) in [6, 6.07) is 4.81. The van der Waals surface area contributed by atoms with Crippen molar-refractivity contribution in [3.05, 3.63) is 29.8 Å². The van der Waals surface area contributed by atoms with Crippen molar-refractivity contribution in [2.45, 2.75) is 56.4 Å². The van der Waals surface area contributed by atoms with Crippen LogP contribution >= 0.6 is 0 Å². The summed E-state index contributed by atoms with van der Waals surface area (Å²) in [7, 11) is -4.08. The zero-order valence-electron chi connectivity index (χ0n) is 18.9. The second-order valence-corrected chi connectivity index (χ2v) is 9.79. The molecule has 0 radical (unpaired) electrons. The number of nitrogens with one attached hydrogen (secondary N) is 4. The summed E-state index contributed by atoms with van der Waals surface area (Å²) in [6.45, 7) is 3.47. The lowest BCUT2D eigenvalue weighted by atomic mass is 9.93. The fraction of sp³-hybridized carbons (Fsp3) is 0.591. The smallest absolute Gasteiger partial charge is 0.323 e. The molecule has 0 bridgehead atoms. The third kappa shape index (κ3) is 9.10. The van der Waals surface area contributed by atoms with Gasteiger partial charge in [-0.2, -0.15) is 4.72 Å². The predicted molar refractivity (Wildman–Crippen MR) is 123 cm³/mol. The molecule has 2 amide bonds. The number of rotatable bonds is 13. The Labute approximate surface area is 195 Å². The number of benzene rings is 1. The quantitative estimate of drug-likeness (QED) is 0.272. The Morgan fingerprint density at radius 2 is 1.76 bits per heavy atom. The summed E-state index contributed by atoms with van der Waals surface area (Å²) in [4.78, 5) is 35.6. The Morgan fingerprint density at radius 3 is 2.42 bits per heavy atom. The van der Waals surface area contributed by atoms with Crippen LogP contribution in [0.5, 0.6) is 0 Å². The highest BCUT2D eigenvalue weighted by Gasteiger charge is 2.27. The van der Waals surface area contributed by atoms with Crippen LogP contribution in [0.1, 0.15) is 44.6 Å². The molecule has 5 N–H and O–H groups in total. The highest BCUT2D eigenvalue weighted by Crippen LogP contribution is 2.17. The fourth-order valence-corrected chi connectivity index (χ4v) is 5.20. The number of hydrogen-bond acceptors (Lipinski definition) is 6. The van der Waals surface area contributed by atoms with E-state index in [0.717, 1.165) is 32.4 Å². The van der Waals surface area contributed by atoms with Gasteiger partial charge in [0.05, 0.1) is 4.90 Å². The van der Waals surface area contributed by atoms with Gasteiger partial charge in [0.2, 0.25) is 21.8 Å². The van der Waals surface area contributed by atoms with E-state index in [2.05, 4.69) is 20.7 Å². The van der Waals surface area contributed by atoms with Gasteiger partial charge in [0, 0.05) is 25.9 Å². The Balaban J connectivity index is 1.75. The lowest BCUT2D eigenvalue weighted by Gasteiger charge is -2.22. The number of carboxylic acid groups (broad SMARTS) is 1. The van der Waals surface area contributed by atoms with Gasteiger partial charge in [0.15, 0.2) is 0 Å². The van der Waals surface area contributed by atoms with Crippen LogP contribution in [0.2, 0.25) is 0 Å². The Hall–Kier alpha value is -2.50. The van der Waals surface area contributed by atoms with Crippen LogP contribution < -0.4 is 20.7 Å². The zero-order valence-corrected chi connectivity index (χ0v) is 19.7. The van der Waals surface area contributed by atoms with Crippen LogP contribution in [-0.2, 0) is 30.8 Å². The normalized spacial score (nSPS) is 15.5. The van der Waals surface area contributed by atoms with Gasteiger partial charge < -0.3 is 21.1 Å².